The van der Waals surface area contributed by atoms with Gasteiger partial charge >= 0.3 is 0 Å². The highest BCUT2D eigenvalue weighted by atomic mass is 127. The van der Waals surface area contributed by atoms with Crippen LogP contribution in [0.2, 0.25) is 0 Å². The lowest BCUT2D eigenvalue weighted by Crippen LogP contribution is -2.40. The van der Waals surface area contributed by atoms with Crippen molar-refractivity contribution in [3.8, 4) is 5.75 Å². The van der Waals surface area contributed by atoms with Gasteiger partial charge in [0.05, 0.1) is 12.6 Å². The molecule has 0 amide bonds. The number of aromatic hydroxyl groups is 1. The summed E-state index contributed by atoms with van der Waals surface area (Å²) < 4.78 is 13.2. The number of phenolic OH excluding ortho intramolecular Hbond substituents is 1. The van der Waals surface area contributed by atoms with Crippen molar-refractivity contribution in [1.29, 1.82) is 0 Å². The molecule has 0 unspecified atom stereocenters. The van der Waals surface area contributed by atoms with Crippen LogP contribution in [0.25, 0.3) is 0 Å². The first kappa shape index (κ1) is 18.0. The van der Waals surface area contributed by atoms with E-state index in [2.05, 4.69) is 10.3 Å². The molecule has 1 heterocycles. The molecule has 0 spiro atoms. The average Bonchev–Trinajstić information content (AvgIpc) is 2.85. The minimum Gasteiger partial charge on any atom is -0.505 e. The van der Waals surface area contributed by atoms with Gasteiger partial charge in [-0.3, -0.25) is 0 Å². The topological polar surface area (TPSA) is 68.1 Å². The smallest absolute Gasteiger partial charge is 0.194 e. The second kappa shape index (κ2) is 8.38. The molecule has 1 aromatic rings. The van der Waals surface area contributed by atoms with Crippen molar-refractivity contribution in [3.63, 3.8) is 0 Å². The zero-order valence-electron chi connectivity index (χ0n) is 11.9. The summed E-state index contributed by atoms with van der Waals surface area (Å²) in [4.78, 5) is 6.43. The minimum absolute atomic E-state index is 0. The SMILES string of the molecule is CCNC(=NCc1ccc(O)c(F)c1)N1CC[C@@H](O)C1.I. The molecule has 118 valence electrons. The number of β-amino-alcohol motifs (C(OH)–C–C–N with tert-alkyl or cyclic N) is 1. The molecule has 0 saturated carbocycles. The first-order chi connectivity index (χ1) is 9.60. The fourth-order valence-electron chi connectivity index (χ4n) is 2.17. The summed E-state index contributed by atoms with van der Waals surface area (Å²) in [7, 11) is 0. The quantitative estimate of drug-likeness (QED) is 0.404. The third-order valence-electron chi connectivity index (χ3n) is 3.22. The van der Waals surface area contributed by atoms with Crippen LogP contribution < -0.4 is 5.32 Å². The fraction of sp³-hybridized carbons (Fsp3) is 0.500. The van der Waals surface area contributed by atoms with Crippen molar-refractivity contribution < 1.29 is 14.6 Å². The Kier molecular flexibility index (Phi) is 7.16. The van der Waals surface area contributed by atoms with Gasteiger partial charge in [0.25, 0.3) is 0 Å². The number of hydrogen-bond donors (Lipinski definition) is 3. The number of hydrogen-bond acceptors (Lipinski definition) is 3. The Morgan fingerprint density at radius 1 is 1.52 bits per heavy atom. The zero-order chi connectivity index (χ0) is 14.5. The summed E-state index contributed by atoms with van der Waals surface area (Å²) >= 11 is 0. The van der Waals surface area contributed by atoms with E-state index >= 15 is 0 Å². The molecule has 0 aliphatic carbocycles. The van der Waals surface area contributed by atoms with Crippen molar-refractivity contribution in [1.82, 2.24) is 10.2 Å². The monoisotopic (exact) mass is 409 g/mol. The van der Waals surface area contributed by atoms with Crippen molar-refractivity contribution >= 4 is 29.9 Å². The van der Waals surface area contributed by atoms with E-state index in [9.17, 15) is 9.50 Å². The molecule has 1 aliphatic heterocycles. The molecule has 1 aromatic carbocycles. The van der Waals surface area contributed by atoms with Crippen molar-refractivity contribution in [2.24, 2.45) is 4.99 Å². The second-order valence-electron chi connectivity index (χ2n) is 4.84. The van der Waals surface area contributed by atoms with E-state index in [-0.39, 0.29) is 35.8 Å². The normalized spacial score (nSPS) is 18.5. The summed E-state index contributed by atoms with van der Waals surface area (Å²) in [6.07, 6.45) is 0.420. The average molecular weight is 409 g/mol. The Morgan fingerprint density at radius 3 is 2.86 bits per heavy atom. The number of phenols is 1. The van der Waals surface area contributed by atoms with Gasteiger partial charge in [-0.2, -0.15) is 0 Å². The number of nitrogens with one attached hydrogen (secondary N) is 1. The van der Waals surface area contributed by atoms with Gasteiger partial charge < -0.3 is 20.4 Å². The lowest BCUT2D eigenvalue weighted by atomic mass is 10.2. The van der Waals surface area contributed by atoms with Crippen LogP contribution in [0.3, 0.4) is 0 Å². The van der Waals surface area contributed by atoms with Crippen LogP contribution in [0, 0.1) is 5.82 Å². The lowest BCUT2D eigenvalue weighted by molar-refractivity contribution is 0.188. The van der Waals surface area contributed by atoms with E-state index < -0.39 is 5.82 Å². The summed E-state index contributed by atoms with van der Waals surface area (Å²) in [5.74, 6) is -0.274. The number of halogens is 2. The first-order valence-electron chi connectivity index (χ1n) is 6.79. The van der Waals surface area contributed by atoms with Crippen LogP contribution in [0.4, 0.5) is 4.39 Å². The molecule has 0 bridgehead atoms. The highest BCUT2D eigenvalue weighted by molar-refractivity contribution is 14.0. The molecule has 1 saturated heterocycles. The van der Waals surface area contributed by atoms with Crippen molar-refractivity contribution in [2.45, 2.75) is 26.0 Å². The summed E-state index contributed by atoms with van der Waals surface area (Å²) in [5.41, 5.74) is 0.690. The number of aliphatic hydroxyl groups excluding tert-OH is 1. The molecular formula is C14H21FIN3O2. The molecule has 1 fully saturated rings. The van der Waals surface area contributed by atoms with Crippen LogP contribution in [0.15, 0.2) is 23.2 Å². The lowest BCUT2D eigenvalue weighted by Gasteiger charge is -2.20. The van der Waals surface area contributed by atoms with E-state index in [0.717, 1.165) is 25.5 Å². The van der Waals surface area contributed by atoms with Gasteiger partial charge in [0.15, 0.2) is 17.5 Å². The predicted octanol–water partition coefficient (Wildman–Crippen LogP) is 1.68. The molecule has 3 N–H and O–H groups in total. The first-order valence-corrected chi connectivity index (χ1v) is 6.79. The van der Waals surface area contributed by atoms with Gasteiger partial charge in [-0.05, 0) is 31.0 Å². The third kappa shape index (κ3) is 4.99. The van der Waals surface area contributed by atoms with Gasteiger partial charge in [-0.1, -0.05) is 6.07 Å². The number of likely N-dealkylation sites (tertiary alicyclic amines) is 1. The van der Waals surface area contributed by atoms with Crippen LogP contribution in [0.5, 0.6) is 5.75 Å². The van der Waals surface area contributed by atoms with E-state index in [1.54, 1.807) is 6.07 Å². The highest BCUT2D eigenvalue weighted by Crippen LogP contribution is 2.17. The van der Waals surface area contributed by atoms with Gasteiger partial charge in [0.2, 0.25) is 0 Å². The number of benzene rings is 1. The number of guanidine groups is 1. The zero-order valence-corrected chi connectivity index (χ0v) is 14.3. The Hall–Kier alpha value is -1.09. The summed E-state index contributed by atoms with van der Waals surface area (Å²) in [5, 5.41) is 21.9. The predicted molar refractivity (Wildman–Crippen MR) is 90.5 cm³/mol. The molecule has 0 radical (unpaired) electrons. The maximum atomic E-state index is 13.2. The fourth-order valence-corrected chi connectivity index (χ4v) is 2.17. The van der Waals surface area contributed by atoms with Crippen LogP contribution in [0.1, 0.15) is 18.9 Å². The number of aliphatic hydroxyl groups is 1. The number of aliphatic imine (C=N–C) groups is 1. The highest BCUT2D eigenvalue weighted by Gasteiger charge is 2.22. The molecule has 21 heavy (non-hydrogen) atoms. The van der Waals surface area contributed by atoms with Crippen LogP contribution in [-0.2, 0) is 6.54 Å². The molecule has 1 atom stereocenters. The maximum absolute atomic E-state index is 13.2. The standard InChI is InChI=1S/C14H20FN3O2.HI/c1-2-16-14(18-6-5-11(19)9-18)17-8-10-3-4-13(20)12(15)7-10;/h3-4,7,11,19-20H,2,5-6,8-9H2,1H3,(H,16,17);1H/t11-;/m1./s1. The Balaban J connectivity index is 0.00000220. The van der Waals surface area contributed by atoms with E-state index in [0.29, 0.717) is 18.7 Å². The van der Waals surface area contributed by atoms with E-state index in [1.807, 2.05) is 11.8 Å². The molecule has 2 rings (SSSR count). The molecule has 7 heteroatoms. The second-order valence-corrected chi connectivity index (χ2v) is 4.84. The van der Waals surface area contributed by atoms with Gasteiger partial charge in [-0.15, -0.1) is 24.0 Å². The molecular weight excluding hydrogens is 388 g/mol. The summed E-state index contributed by atoms with van der Waals surface area (Å²) in [6.45, 7) is 4.36. The number of nitrogens with zero attached hydrogens (tertiary/aromatic N) is 2. The van der Waals surface area contributed by atoms with Gasteiger partial charge in [0, 0.05) is 19.6 Å². The third-order valence-corrected chi connectivity index (χ3v) is 3.22. The Morgan fingerprint density at radius 2 is 2.29 bits per heavy atom. The summed E-state index contributed by atoms with van der Waals surface area (Å²) in [6, 6.07) is 4.25. The number of rotatable bonds is 3. The molecule has 0 aromatic heterocycles. The maximum Gasteiger partial charge on any atom is 0.194 e. The van der Waals surface area contributed by atoms with Crippen LogP contribution >= 0.6 is 24.0 Å². The Bertz CT molecular complexity index is 499. The molecule has 1 aliphatic rings. The van der Waals surface area contributed by atoms with E-state index in [4.69, 9.17) is 5.11 Å². The van der Waals surface area contributed by atoms with Crippen molar-refractivity contribution in [3.05, 3.63) is 29.6 Å². The van der Waals surface area contributed by atoms with Gasteiger partial charge in [0.1, 0.15) is 0 Å². The van der Waals surface area contributed by atoms with E-state index in [1.165, 1.54) is 12.1 Å². The molecule has 5 nitrogen and oxygen atoms in total. The van der Waals surface area contributed by atoms with Crippen molar-refractivity contribution in [2.75, 3.05) is 19.6 Å². The minimum atomic E-state index is -0.640. The van der Waals surface area contributed by atoms with Gasteiger partial charge in [-0.25, -0.2) is 9.38 Å². The van der Waals surface area contributed by atoms with Crippen LogP contribution in [-0.4, -0.2) is 46.8 Å². The largest absolute Gasteiger partial charge is 0.505 e. The Labute approximate surface area is 140 Å².